The number of carbonyl (C=O) groups is 2. The first-order valence-corrected chi connectivity index (χ1v) is 9.99. The van der Waals surface area contributed by atoms with E-state index in [1.807, 2.05) is 0 Å². The molecule has 0 radical (unpaired) electrons. The van der Waals surface area contributed by atoms with Gasteiger partial charge >= 0.3 is 0 Å². The monoisotopic (exact) mass is 373 g/mol. The third kappa shape index (κ3) is 3.59. The van der Waals surface area contributed by atoms with Gasteiger partial charge in [-0.25, -0.2) is 4.39 Å². The number of nitrogens with zero attached hydrogens (tertiary/aromatic N) is 3. The second-order valence-electron chi connectivity index (χ2n) is 8.50. The molecule has 146 valence electrons. The Balaban J connectivity index is 1.41. The Hall–Kier alpha value is -1.95. The van der Waals surface area contributed by atoms with Crippen molar-refractivity contribution in [1.82, 2.24) is 14.7 Å². The molecule has 3 heterocycles. The Labute approximate surface area is 160 Å². The number of likely N-dealkylation sites (N-methyl/N-ethyl adjacent to an activating group) is 1. The number of hydrogen-bond donors (Lipinski definition) is 0. The van der Waals surface area contributed by atoms with Gasteiger partial charge < -0.3 is 14.7 Å². The molecule has 27 heavy (non-hydrogen) atoms. The van der Waals surface area contributed by atoms with Crippen molar-refractivity contribution in [2.24, 2.45) is 5.41 Å². The number of carbonyl (C=O) groups excluding carboxylic acids is 2. The number of benzene rings is 1. The largest absolute Gasteiger partial charge is 0.339 e. The molecule has 1 atom stereocenters. The fourth-order valence-corrected chi connectivity index (χ4v) is 4.94. The van der Waals surface area contributed by atoms with Gasteiger partial charge in [-0.2, -0.15) is 0 Å². The zero-order chi connectivity index (χ0) is 19.0. The highest BCUT2D eigenvalue weighted by Gasteiger charge is 2.44. The number of amides is 2. The van der Waals surface area contributed by atoms with E-state index in [0.717, 1.165) is 45.3 Å². The quantitative estimate of drug-likeness (QED) is 0.800. The summed E-state index contributed by atoms with van der Waals surface area (Å²) in [5.74, 6) is -0.391. The van der Waals surface area contributed by atoms with Crippen LogP contribution in [0.25, 0.3) is 0 Å². The van der Waals surface area contributed by atoms with Gasteiger partial charge in [0.15, 0.2) is 0 Å². The third-order valence-electron chi connectivity index (χ3n) is 6.72. The summed E-state index contributed by atoms with van der Waals surface area (Å²) in [7, 11) is 2.11. The summed E-state index contributed by atoms with van der Waals surface area (Å²) >= 11 is 0. The van der Waals surface area contributed by atoms with Gasteiger partial charge in [-0.1, -0.05) is 12.1 Å². The van der Waals surface area contributed by atoms with Crippen molar-refractivity contribution in [2.45, 2.75) is 38.1 Å². The minimum atomic E-state index is -0.456. The highest BCUT2D eigenvalue weighted by atomic mass is 19.1. The molecule has 0 saturated carbocycles. The van der Waals surface area contributed by atoms with Crippen molar-refractivity contribution in [1.29, 1.82) is 0 Å². The molecule has 4 rings (SSSR count). The van der Waals surface area contributed by atoms with Crippen LogP contribution in [0, 0.1) is 11.2 Å². The lowest BCUT2D eigenvalue weighted by molar-refractivity contribution is -0.141. The van der Waals surface area contributed by atoms with E-state index >= 15 is 0 Å². The zero-order valence-corrected chi connectivity index (χ0v) is 16.0. The van der Waals surface area contributed by atoms with Gasteiger partial charge in [-0.3, -0.25) is 9.59 Å². The smallest absolute Gasteiger partial charge is 0.256 e. The molecule has 0 bridgehead atoms. The van der Waals surface area contributed by atoms with Crippen LogP contribution < -0.4 is 0 Å². The Bertz CT molecular complexity index is 730. The van der Waals surface area contributed by atoms with Gasteiger partial charge in [0.1, 0.15) is 5.82 Å². The van der Waals surface area contributed by atoms with Crippen molar-refractivity contribution in [3.05, 3.63) is 35.6 Å². The lowest BCUT2D eigenvalue weighted by Crippen LogP contribution is -2.55. The molecule has 1 spiro atoms. The Morgan fingerprint density at radius 3 is 2.56 bits per heavy atom. The normalized spacial score (nSPS) is 26.0. The van der Waals surface area contributed by atoms with E-state index in [4.69, 9.17) is 0 Å². The van der Waals surface area contributed by atoms with Crippen molar-refractivity contribution < 1.29 is 14.0 Å². The lowest BCUT2D eigenvalue weighted by atomic mass is 9.72. The molecule has 5 nitrogen and oxygen atoms in total. The maximum Gasteiger partial charge on any atom is 0.256 e. The Morgan fingerprint density at radius 1 is 1.15 bits per heavy atom. The van der Waals surface area contributed by atoms with Crippen molar-refractivity contribution >= 4 is 11.8 Å². The van der Waals surface area contributed by atoms with E-state index in [1.54, 1.807) is 23.1 Å². The molecular formula is C21H28FN3O2. The van der Waals surface area contributed by atoms with E-state index in [2.05, 4.69) is 16.8 Å². The minimum absolute atomic E-state index is 0.112. The van der Waals surface area contributed by atoms with Crippen LogP contribution in [0.2, 0.25) is 0 Å². The Morgan fingerprint density at radius 2 is 1.89 bits per heavy atom. The maximum atomic E-state index is 13.9. The van der Waals surface area contributed by atoms with E-state index in [0.29, 0.717) is 25.6 Å². The SMILES string of the molecule is CN1CC[C@@H](N2CC3(CCC2=O)CCN(C(=O)c2ccccc2F)CC3)C1. The number of hydrogen-bond acceptors (Lipinski definition) is 3. The van der Waals surface area contributed by atoms with E-state index in [9.17, 15) is 14.0 Å². The molecule has 3 fully saturated rings. The van der Waals surface area contributed by atoms with Gasteiger partial charge in [0.25, 0.3) is 5.91 Å². The molecular weight excluding hydrogens is 345 g/mol. The zero-order valence-electron chi connectivity index (χ0n) is 16.0. The number of likely N-dealkylation sites (tertiary alicyclic amines) is 3. The van der Waals surface area contributed by atoms with E-state index in [1.165, 1.54) is 6.07 Å². The van der Waals surface area contributed by atoms with Crippen LogP contribution >= 0.6 is 0 Å². The fraction of sp³-hybridized carbons (Fsp3) is 0.619. The van der Waals surface area contributed by atoms with Crippen LogP contribution in [0.15, 0.2) is 24.3 Å². The molecule has 6 heteroatoms. The van der Waals surface area contributed by atoms with Crippen molar-refractivity contribution in [3.63, 3.8) is 0 Å². The molecule has 0 N–H and O–H groups in total. The second kappa shape index (κ2) is 7.23. The topological polar surface area (TPSA) is 43.9 Å². The second-order valence-corrected chi connectivity index (χ2v) is 8.50. The van der Waals surface area contributed by atoms with Crippen LogP contribution in [-0.4, -0.2) is 72.3 Å². The van der Waals surface area contributed by atoms with Crippen LogP contribution in [0.5, 0.6) is 0 Å². The van der Waals surface area contributed by atoms with Gasteiger partial charge in [0.2, 0.25) is 5.91 Å². The first kappa shape index (κ1) is 18.4. The van der Waals surface area contributed by atoms with Crippen molar-refractivity contribution in [2.75, 3.05) is 39.8 Å². The van der Waals surface area contributed by atoms with Gasteiger partial charge in [0, 0.05) is 38.6 Å². The molecule has 3 saturated heterocycles. The molecule has 0 aromatic heterocycles. The molecule has 1 aromatic carbocycles. The van der Waals surface area contributed by atoms with Crippen LogP contribution in [0.1, 0.15) is 42.5 Å². The standard InChI is InChI=1S/C21H28FN3O2/c1-23-11-7-16(14-23)25-15-21(8-6-19(25)26)9-12-24(13-10-21)20(27)17-4-2-3-5-18(17)22/h2-5,16H,6-15H2,1H3/t16-/m1/s1. The van der Waals surface area contributed by atoms with Gasteiger partial charge in [-0.15, -0.1) is 0 Å². The summed E-state index contributed by atoms with van der Waals surface area (Å²) in [4.78, 5) is 31.4. The summed E-state index contributed by atoms with van der Waals surface area (Å²) in [5, 5.41) is 0. The molecule has 1 aromatic rings. The predicted octanol–water partition coefficient (Wildman–Crippen LogP) is 2.37. The highest BCUT2D eigenvalue weighted by molar-refractivity contribution is 5.94. The fourth-order valence-electron chi connectivity index (χ4n) is 4.94. The van der Waals surface area contributed by atoms with Crippen LogP contribution in [0.3, 0.4) is 0 Å². The first-order valence-electron chi connectivity index (χ1n) is 9.99. The molecule has 3 aliphatic heterocycles. The highest BCUT2D eigenvalue weighted by Crippen LogP contribution is 2.41. The first-order chi connectivity index (χ1) is 13.0. The average Bonchev–Trinajstić information content (AvgIpc) is 3.11. The summed E-state index contributed by atoms with van der Waals surface area (Å²) in [6.45, 7) is 4.09. The third-order valence-corrected chi connectivity index (χ3v) is 6.72. The number of rotatable bonds is 2. The van der Waals surface area contributed by atoms with Crippen LogP contribution in [0.4, 0.5) is 4.39 Å². The number of halogens is 1. The summed E-state index contributed by atoms with van der Waals surface area (Å²) in [6.07, 6.45) is 4.35. The average molecular weight is 373 g/mol. The lowest BCUT2D eigenvalue weighted by Gasteiger charge is -2.49. The van der Waals surface area contributed by atoms with Crippen molar-refractivity contribution in [3.8, 4) is 0 Å². The summed E-state index contributed by atoms with van der Waals surface area (Å²) in [5.41, 5.74) is 0.268. The minimum Gasteiger partial charge on any atom is -0.339 e. The Kier molecular flexibility index (Phi) is 4.93. The van der Waals surface area contributed by atoms with Gasteiger partial charge in [0.05, 0.1) is 5.56 Å². The predicted molar refractivity (Wildman–Crippen MR) is 101 cm³/mol. The molecule has 0 aliphatic carbocycles. The maximum absolute atomic E-state index is 13.9. The van der Waals surface area contributed by atoms with Crippen LogP contribution in [-0.2, 0) is 4.79 Å². The summed E-state index contributed by atoms with van der Waals surface area (Å²) < 4.78 is 13.9. The van der Waals surface area contributed by atoms with E-state index in [-0.39, 0.29) is 22.8 Å². The van der Waals surface area contributed by atoms with E-state index < -0.39 is 5.82 Å². The molecule has 2 amide bonds. The molecule has 3 aliphatic rings. The van der Waals surface area contributed by atoms with Gasteiger partial charge in [-0.05, 0) is 56.8 Å². The number of piperidine rings is 2. The summed E-state index contributed by atoms with van der Waals surface area (Å²) in [6, 6.07) is 6.52. The molecule has 0 unspecified atom stereocenters.